The average molecular weight is 585 g/mol. The Hall–Kier alpha value is -1.78. The van der Waals surface area contributed by atoms with Crippen LogP contribution in [-0.2, 0) is 32.1 Å². The number of ether oxygens (including phenoxy) is 1. The van der Waals surface area contributed by atoms with Gasteiger partial charge in [0.1, 0.15) is 24.1 Å². The molecule has 2 aliphatic rings. The number of nitrogens with one attached hydrogen (secondary N) is 1. The van der Waals surface area contributed by atoms with Crippen LogP contribution in [0, 0.1) is 0 Å². The van der Waals surface area contributed by atoms with Gasteiger partial charge in [-0.2, -0.15) is 0 Å². The van der Waals surface area contributed by atoms with Crippen molar-refractivity contribution in [1.82, 2.24) is 10.2 Å². The van der Waals surface area contributed by atoms with Crippen LogP contribution in [0.25, 0.3) is 0 Å². The fourth-order valence-corrected chi connectivity index (χ4v) is 7.54. The van der Waals surface area contributed by atoms with Gasteiger partial charge >= 0.3 is 5.97 Å². The number of carbonyl (C=O) groups excluding carboxylic acids is 3. The van der Waals surface area contributed by atoms with Gasteiger partial charge in [0.25, 0.3) is 0 Å². The number of β-lactam (4-membered cyclic amide) rings is 1. The third-order valence-corrected chi connectivity index (χ3v) is 9.87. The first kappa shape index (κ1) is 23.4. The van der Waals surface area contributed by atoms with Gasteiger partial charge in [-0.1, -0.05) is 83.3 Å². The minimum Gasteiger partial charge on any atom is -0.459 e. The summed E-state index contributed by atoms with van der Waals surface area (Å²) in [7, 11) is 0. The summed E-state index contributed by atoms with van der Waals surface area (Å²) in [5.41, 5.74) is 1.74. The standard InChI is InChI=1S/C23H22ClIN2O4S/c24-13-23(14-25)19(22(30)31-12-16-9-5-2-6-10-16)27-20(29)18(21(27)32-23)26-17(28)11-15-7-3-1-4-8-15/h1-10,18-19,21H,11-14H2,(H,26,28). The first-order valence-electron chi connectivity index (χ1n) is 10.1. The van der Waals surface area contributed by atoms with Gasteiger partial charge in [-0.25, -0.2) is 4.79 Å². The van der Waals surface area contributed by atoms with Crippen molar-refractivity contribution < 1.29 is 19.1 Å². The van der Waals surface area contributed by atoms with Crippen LogP contribution in [0.5, 0.6) is 0 Å². The lowest BCUT2D eigenvalue weighted by Gasteiger charge is -2.44. The molecular weight excluding hydrogens is 563 g/mol. The molecule has 0 spiro atoms. The number of esters is 1. The molecule has 2 saturated heterocycles. The van der Waals surface area contributed by atoms with E-state index in [0.717, 1.165) is 11.1 Å². The van der Waals surface area contributed by atoms with E-state index in [2.05, 4.69) is 27.9 Å². The predicted octanol–water partition coefficient (Wildman–Crippen LogP) is 3.15. The van der Waals surface area contributed by atoms with Gasteiger partial charge in [-0.3, -0.25) is 9.59 Å². The highest BCUT2D eigenvalue weighted by Gasteiger charge is 2.67. The van der Waals surface area contributed by atoms with Gasteiger partial charge in [0.05, 0.1) is 11.2 Å². The van der Waals surface area contributed by atoms with Crippen molar-refractivity contribution in [2.24, 2.45) is 0 Å². The van der Waals surface area contributed by atoms with E-state index in [1.807, 2.05) is 60.7 Å². The van der Waals surface area contributed by atoms with Crippen molar-refractivity contribution in [3.05, 3.63) is 71.8 Å². The maximum absolute atomic E-state index is 13.1. The number of benzene rings is 2. The van der Waals surface area contributed by atoms with Crippen molar-refractivity contribution >= 4 is 63.7 Å². The fourth-order valence-electron chi connectivity index (χ4n) is 3.96. The van der Waals surface area contributed by atoms with Crippen LogP contribution in [0.3, 0.4) is 0 Å². The summed E-state index contributed by atoms with van der Waals surface area (Å²) in [5, 5.41) is 2.50. The van der Waals surface area contributed by atoms with Crippen molar-refractivity contribution in [2.45, 2.75) is 35.2 Å². The minimum atomic E-state index is -0.787. The van der Waals surface area contributed by atoms with Crippen LogP contribution < -0.4 is 5.32 Å². The van der Waals surface area contributed by atoms with E-state index in [9.17, 15) is 14.4 Å². The Morgan fingerprint density at radius 2 is 1.72 bits per heavy atom. The Labute approximate surface area is 209 Å². The minimum absolute atomic E-state index is 0.129. The molecule has 2 aromatic carbocycles. The van der Waals surface area contributed by atoms with E-state index in [-0.39, 0.29) is 36.1 Å². The molecule has 2 amide bonds. The van der Waals surface area contributed by atoms with Crippen LogP contribution in [0.2, 0.25) is 0 Å². The first-order chi connectivity index (χ1) is 15.5. The molecule has 2 heterocycles. The van der Waals surface area contributed by atoms with Gasteiger partial charge in [-0.05, 0) is 11.1 Å². The number of amides is 2. The van der Waals surface area contributed by atoms with E-state index in [0.29, 0.717) is 4.43 Å². The van der Waals surface area contributed by atoms with E-state index in [1.165, 1.54) is 16.7 Å². The molecule has 9 heteroatoms. The zero-order valence-corrected chi connectivity index (χ0v) is 20.8. The fraction of sp³-hybridized carbons (Fsp3) is 0.348. The molecular formula is C23H22ClIN2O4S. The number of carbonyl (C=O) groups is 3. The second-order valence-corrected chi connectivity index (χ2v) is 10.4. The van der Waals surface area contributed by atoms with E-state index >= 15 is 0 Å². The Kier molecular flexibility index (Phi) is 7.31. The molecule has 2 fully saturated rings. The number of thioether (sulfide) groups is 1. The van der Waals surface area contributed by atoms with Crippen molar-refractivity contribution in [3.63, 3.8) is 0 Å². The molecule has 2 aromatic rings. The lowest BCUT2D eigenvalue weighted by atomic mass is 9.95. The number of halogens is 2. The number of nitrogens with zero attached hydrogens (tertiary/aromatic N) is 1. The Balaban J connectivity index is 1.45. The molecule has 6 nitrogen and oxygen atoms in total. The third-order valence-electron chi connectivity index (χ3n) is 5.64. The topological polar surface area (TPSA) is 75.7 Å². The zero-order valence-electron chi connectivity index (χ0n) is 17.1. The van der Waals surface area contributed by atoms with Crippen LogP contribution >= 0.6 is 46.0 Å². The van der Waals surface area contributed by atoms with Crippen molar-refractivity contribution in [1.29, 1.82) is 0 Å². The summed E-state index contributed by atoms with van der Waals surface area (Å²) in [6.07, 6.45) is 0.192. The van der Waals surface area contributed by atoms with E-state index < -0.39 is 22.8 Å². The van der Waals surface area contributed by atoms with Gasteiger partial charge in [0, 0.05) is 10.3 Å². The highest BCUT2D eigenvalue weighted by molar-refractivity contribution is 14.1. The molecule has 0 bridgehead atoms. The Bertz CT molecular complexity index is 990. The van der Waals surface area contributed by atoms with Crippen LogP contribution in [0.4, 0.5) is 0 Å². The van der Waals surface area contributed by atoms with Gasteiger partial charge < -0.3 is 15.0 Å². The Morgan fingerprint density at radius 3 is 2.31 bits per heavy atom. The van der Waals surface area contributed by atoms with Crippen LogP contribution in [-0.4, -0.2) is 55.2 Å². The number of hydrogen-bond acceptors (Lipinski definition) is 5. The third kappa shape index (κ3) is 4.49. The summed E-state index contributed by atoms with van der Waals surface area (Å²) in [4.78, 5) is 40.1. The predicted molar refractivity (Wildman–Crippen MR) is 133 cm³/mol. The summed E-state index contributed by atoms with van der Waals surface area (Å²) < 4.78 is 5.46. The van der Waals surface area contributed by atoms with Crippen molar-refractivity contribution in [2.75, 3.05) is 10.3 Å². The molecule has 1 N–H and O–H groups in total. The van der Waals surface area contributed by atoms with Gasteiger partial charge in [0.15, 0.2) is 0 Å². The number of fused-ring (bicyclic) bond motifs is 1. The summed E-state index contributed by atoms with van der Waals surface area (Å²) in [6, 6.07) is 17.3. The molecule has 168 valence electrons. The monoisotopic (exact) mass is 584 g/mol. The SMILES string of the molecule is O=C(Cc1ccccc1)NC1C(=O)N2C1SC(CCl)(CI)C2C(=O)OCc1ccccc1. The number of hydrogen-bond donors (Lipinski definition) is 1. The molecule has 0 aliphatic carbocycles. The number of alkyl halides is 2. The molecule has 0 radical (unpaired) electrons. The largest absolute Gasteiger partial charge is 0.459 e. The summed E-state index contributed by atoms with van der Waals surface area (Å²) in [5.74, 6) is -0.779. The van der Waals surface area contributed by atoms with E-state index in [1.54, 1.807) is 0 Å². The molecule has 0 saturated carbocycles. The highest BCUT2D eigenvalue weighted by atomic mass is 127. The molecule has 32 heavy (non-hydrogen) atoms. The molecule has 4 atom stereocenters. The van der Waals surface area contributed by atoms with E-state index in [4.69, 9.17) is 16.3 Å². The summed E-state index contributed by atoms with van der Waals surface area (Å²) >= 11 is 10.00. The number of rotatable bonds is 8. The summed E-state index contributed by atoms with van der Waals surface area (Å²) in [6.45, 7) is 0.129. The highest BCUT2D eigenvalue weighted by Crippen LogP contribution is 2.52. The Morgan fingerprint density at radius 1 is 1.09 bits per heavy atom. The lowest BCUT2D eigenvalue weighted by molar-refractivity contribution is -0.165. The molecule has 2 aliphatic heterocycles. The molecule has 4 rings (SSSR count). The molecule has 0 aromatic heterocycles. The second-order valence-electron chi connectivity index (χ2n) is 7.79. The van der Waals surface area contributed by atoms with Crippen molar-refractivity contribution in [3.8, 4) is 0 Å². The normalized spacial score (nSPS) is 26.2. The average Bonchev–Trinajstić information content (AvgIpc) is 3.14. The van der Waals surface area contributed by atoms with Crippen LogP contribution in [0.1, 0.15) is 11.1 Å². The maximum Gasteiger partial charge on any atom is 0.330 e. The first-order valence-corrected chi connectivity index (χ1v) is 13.1. The second kappa shape index (κ2) is 10.0. The lowest BCUT2D eigenvalue weighted by Crippen LogP contribution is -2.71. The van der Waals surface area contributed by atoms with Gasteiger partial charge in [-0.15, -0.1) is 23.4 Å². The van der Waals surface area contributed by atoms with Gasteiger partial charge in [0.2, 0.25) is 11.8 Å². The smallest absolute Gasteiger partial charge is 0.330 e. The van der Waals surface area contributed by atoms with Crippen LogP contribution in [0.15, 0.2) is 60.7 Å². The molecule has 4 unspecified atom stereocenters. The maximum atomic E-state index is 13.1. The zero-order chi connectivity index (χ0) is 22.7. The quantitative estimate of drug-likeness (QED) is 0.223.